The Morgan fingerprint density at radius 3 is 1.80 bits per heavy atom. The lowest BCUT2D eigenvalue weighted by Crippen LogP contribution is -2.48. The maximum absolute atomic E-state index is 13.8. The van der Waals surface area contributed by atoms with Crippen molar-refractivity contribution in [3.8, 4) is 23.0 Å². The molecule has 0 radical (unpaired) electrons. The molecule has 3 N–H and O–H groups in total. The second-order valence-corrected chi connectivity index (χ2v) is 14.7. The Bertz CT molecular complexity index is 2200. The highest BCUT2D eigenvalue weighted by Crippen LogP contribution is 2.44. The lowest BCUT2D eigenvalue weighted by atomic mass is 9.87. The number of halogens is 1. The number of ether oxygens (including phenoxy) is 4. The Morgan fingerprint density at radius 1 is 0.745 bits per heavy atom. The van der Waals surface area contributed by atoms with Crippen molar-refractivity contribution in [1.82, 2.24) is 0 Å². The fourth-order valence-corrected chi connectivity index (χ4v) is 7.33. The highest BCUT2D eigenvalue weighted by Gasteiger charge is 2.49. The van der Waals surface area contributed by atoms with Crippen LogP contribution in [0, 0.1) is 55.4 Å². The van der Waals surface area contributed by atoms with E-state index in [1.54, 1.807) is 62.3 Å². The molecule has 292 valence electrons. The summed E-state index contributed by atoms with van der Waals surface area (Å²) >= 11 is 3.24. The number of ketones is 1. The van der Waals surface area contributed by atoms with E-state index >= 15 is 0 Å². The third kappa shape index (κ3) is 7.55. The summed E-state index contributed by atoms with van der Waals surface area (Å²) in [4.78, 5) is 65.3. The van der Waals surface area contributed by atoms with Gasteiger partial charge in [0, 0.05) is 6.08 Å². The predicted octanol–water partition coefficient (Wildman–Crippen LogP) is 7.80. The van der Waals surface area contributed by atoms with Crippen molar-refractivity contribution in [2.45, 2.75) is 101 Å². The molecule has 0 aliphatic heterocycles. The van der Waals surface area contributed by atoms with E-state index in [0.29, 0.717) is 45.4 Å². The van der Waals surface area contributed by atoms with Gasteiger partial charge in [-0.05, 0) is 166 Å². The molecule has 4 rings (SSSR count). The van der Waals surface area contributed by atoms with Crippen molar-refractivity contribution in [3.63, 3.8) is 0 Å². The highest BCUT2D eigenvalue weighted by atomic mass is 79.9. The fourth-order valence-electron chi connectivity index (χ4n) is 6.76. The topological polar surface area (TPSA) is 183 Å². The van der Waals surface area contributed by atoms with Gasteiger partial charge in [-0.25, -0.2) is 19.2 Å². The Balaban J connectivity index is 1.69. The molecule has 0 heterocycles. The number of aryl methyl sites for hydroxylation is 1. The number of phenols is 1. The number of phenolic OH excluding ortho intramolecular Hbond substituents is 1. The van der Waals surface area contributed by atoms with Crippen LogP contribution in [0.25, 0.3) is 0 Å². The smallest absolute Gasteiger partial charge is 0.356 e. The lowest BCUT2D eigenvalue weighted by molar-refractivity contribution is -0.152. The minimum Gasteiger partial charge on any atom is -0.506 e. The van der Waals surface area contributed by atoms with Crippen molar-refractivity contribution in [3.05, 3.63) is 101 Å². The molecule has 55 heavy (non-hydrogen) atoms. The van der Waals surface area contributed by atoms with Gasteiger partial charge in [-0.3, -0.25) is 4.79 Å². The van der Waals surface area contributed by atoms with E-state index in [9.17, 15) is 39.3 Å². The number of aromatic carboxylic acids is 1. The summed E-state index contributed by atoms with van der Waals surface area (Å²) in [6.07, 6.45) is 1.95. The van der Waals surface area contributed by atoms with Crippen LogP contribution in [0.4, 0.5) is 0 Å². The number of carbonyl (C=O) groups excluding carboxylic acids is 4. The summed E-state index contributed by atoms with van der Waals surface area (Å²) < 4.78 is 22.9. The Morgan fingerprint density at radius 2 is 1.27 bits per heavy atom. The number of esters is 3. The second kappa shape index (κ2) is 15.8. The molecule has 1 aliphatic carbocycles. The third-order valence-corrected chi connectivity index (χ3v) is 10.9. The quantitative estimate of drug-likeness (QED) is 0.134. The molecule has 0 spiro atoms. The van der Waals surface area contributed by atoms with Gasteiger partial charge >= 0.3 is 23.9 Å². The Kier molecular flexibility index (Phi) is 12.2. The van der Waals surface area contributed by atoms with Crippen molar-refractivity contribution in [2.24, 2.45) is 0 Å². The zero-order valence-electron chi connectivity index (χ0n) is 32.9. The number of carbonyl (C=O) groups is 5. The van der Waals surface area contributed by atoms with Crippen LogP contribution in [0.3, 0.4) is 0 Å². The molecule has 0 amide bonds. The van der Waals surface area contributed by atoms with Gasteiger partial charge in [0.05, 0.1) is 17.2 Å². The maximum atomic E-state index is 13.8. The van der Waals surface area contributed by atoms with Crippen LogP contribution in [0.15, 0.2) is 34.0 Å². The molecule has 1 atom stereocenters. The highest BCUT2D eigenvalue weighted by molar-refractivity contribution is 9.10. The SMILES string of the molecule is CCc1c(OC(=O)c2c(C)c(C)c(OC(=O)[C@@]3(O)C(C)=CC(=O)C=C3OC(C)C)c(Br)c2O)cc(C)c(C(=O)Oc2c(C)c(C)c(C(=O)O)c(C)c2C)c1C. The minimum absolute atomic E-state index is 0.0306. The molecule has 3 aromatic rings. The summed E-state index contributed by atoms with van der Waals surface area (Å²) in [6, 6.07) is 1.53. The first kappa shape index (κ1) is 42.5. The first-order chi connectivity index (χ1) is 25.5. The van der Waals surface area contributed by atoms with Gasteiger partial charge in [-0.15, -0.1) is 0 Å². The molecule has 0 saturated carbocycles. The zero-order valence-corrected chi connectivity index (χ0v) is 34.5. The van der Waals surface area contributed by atoms with Crippen LogP contribution < -0.4 is 14.2 Å². The molecular weight excluding hydrogens is 776 g/mol. The predicted molar refractivity (Wildman–Crippen MR) is 206 cm³/mol. The van der Waals surface area contributed by atoms with Gasteiger partial charge in [-0.1, -0.05) is 6.92 Å². The van der Waals surface area contributed by atoms with Crippen LogP contribution in [0.1, 0.15) is 109 Å². The molecule has 13 heteroatoms. The zero-order chi connectivity index (χ0) is 41.6. The van der Waals surface area contributed by atoms with E-state index in [-0.39, 0.29) is 60.9 Å². The van der Waals surface area contributed by atoms with E-state index in [1.165, 1.54) is 19.9 Å². The Hall–Kier alpha value is -5.27. The van der Waals surface area contributed by atoms with Crippen molar-refractivity contribution < 1.29 is 58.2 Å². The van der Waals surface area contributed by atoms with Crippen molar-refractivity contribution in [1.29, 1.82) is 0 Å². The molecule has 1 aliphatic rings. The number of allylic oxidation sites excluding steroid dienone is 2. The van der Waals surface area contributed by atoms with Crippen LogP contribution in [0.2, 0.25) is 0 Å². The average Bonchev–Trinajstić information content (AvgIpc) is 3.08. The molecule has 12 nitrogen and oxygen atoms in total. The van der Waals surface area contributed by atoms with Crippen molar-refractivity contribution >= 4 is 45.6 Å². The van der Waals surface area contributed by atoms with E-state index < -0.39 is 47.1 Å². The van der Waals surface area contributed by atoms with Gasteiger partial charge in [-0.2, -0.15) is 0 Å². The van der Waals surface area contributed by atoms with Crippen LogP contribution in [-0.2, 0) is 20.7 Å². The van der Waals surface area contributed by atoms with E-state index in [0.717, 1.165) is 12.2 Å². The number of hydrogen-bond donors (Lipinski definition) is 3. The van der Waals surface area contributed by atoms with Crippen LogP contribution in [-0.4, -0.2) is 56.7 Å². The number of aromatic hydroxyl groups is 1. The minimum atomic E-state index is -2.45. The number of benzene rings is 3. The molecular formula is C42H45BrO12. The Labute approximate surface area is 327 Å². The number of rotatable bonds is 10. The number of aliphatic hydroxyl groups is 1. The van der Waals surface area contributed by atoms with Gasteiger partial charge in [0.2, 0.25) is 5.60 Å². The monoisotopic (exact) mass is 820 g/mol. The second-order valence-electron chi connectivity index (χ2n) is 13.9. The summed E-state index contributed by atoms with van der Waals surface area (Å²) in [5.74, 6) is -5.03. The maximum Gasteiger partial charge on any atom is 0.356 e. The van der Waals surface area contributed by atoms with Gasteiger partial charge < -0.3 is 34.3 Å². The summed E-state index contributed by atoms with van der Waals surface area (Å²) in [5.41, 5.74) is 1.67. The largest absolute Gasteiger partial charge is 0.506 e. The van der Waals surface area contributed by atoms with Crippen LogP contribution in [0.5, 0.6) is 23.0 Å². The third-order valence-electron chi connectivity index (χ3n) is 10.1. The first-order valence-electron chi connectivity index (χ1n) is 17.5. The number of hydrogen-bond acceptors (Lipinski definition) is 11. The van der Waals surface area contributed by atoms with E-state index in [4.69, 9.17) is 18.9 Å². The lowest BCUT2D eigenvalue weighted by Gasteiger charge is -2.32. The first-order valence-corrected chi connectivity index (χ1v) is 18.3. The fraction of sp³-hybridized carbons (Fsp3) is 0.357. The molecule has 0 fully saturated rings. The van der Waals surface area contributed by atoms with Crippen LogP contribution >= 0.6 is 15.9 Å². The van der Waals surface area contributed by atoms with E-state index in [2.05, 4.69) is 15.9 Å². The van der Waals surface area contributed by atoms with Crippen molar-refractivity contribution in [2.75, 3.05) is 0 Å². The number of carboxylic acids is 1. The molecule has 0 aromatic heterocycles. The average molecular weight is 822 g/mol. The van der Waals surface area contributed by atoms with Gasteiger partial charge in [0.1, 0.15) is 33.0 Å². The van der Waals surface area contributed by atoms with Gasteiger partial charge in [0.15, 0.2) is 11.5 Å². The summed E-state index contributed by atoms with van der Waals surface area (Å²) in [6.45, 7) is 19.7. The van der Waals surface area contributed by atoms with E-state index in [1.807, 2.05) is 6.92 Å². The standard InChI is InChI=1S/C42H45BrO12/c1-13-28-26(12)31(39(48)54-36-23(9)20(6)32(38(46)47)21(7)24(36)10)18(4)14-29(28)53-40(49)33-22(8)25(11)37(34(43)35(33)45)55-41(50)42(51)19(5)15-27(44)16-30(42)52-17(2)3/h14-17,45,51H,13H2,1-12H3,(H,46,47)/t42-/m1/s1. The molecule has 3 aromatic carbocycles. The normalized spacial score (nSPS) is 15.4. The summed E-state index contributed by atoms with van der Waals surface area (Å²) in [5, 5.41) is 32.6. The summed E-state index contributed by atoms with van der Waals surface area (Å²) in [7, 11) is 0. The van der Waals surface area contributed by atoms with Gasteiger partial charge in [0.25, 0.3) is 0 Å². The molecule has 0 bridgehead atoms. The number of carboxylic acid groups (broad SMARTS) is 1. The molecule has 0 saturated heterocycles. The molecule has 0 unspecified atom stereocenters.